The van der Waals surface area contributed by atoms with Gasteiger partial charge in [-0.1, -0.05) is 74.0 Å². The normalized spacial score (nSPS) is 26.3. The molecule has 4 atom stereocenters. The molecule has 2 aliphatic rings. The van der Waals surface area contributed by atoms with Gasteiger partial charge in [0.15, 0.2) is 0 Å². The molecule has 2 aromatic rings. The summed E-state index contributed by atoms with van der Waals surface area (Å²) in [5, 5.41) is 31.2. The molecule has 0 bridgehead atoms. The molecule has 4 rings (SSSR count). The molecule has 1 heterocycles. The Kier molecular flexibility index (Phi) is 13.0. The van der Waals surface area contributed by atoms with E-state index in [4.69, 9.17) is 16.7 Å². The third-order valence-corrected chi connectivity index (χ3v) is 8.15. The van der Waals surface area contributed by atoms with Gasteiger partial charge in [0.25, 0.3) is 0 Å². The molecule has 210 valence electrons. The summed E-state index contributed by atoms with van der Waals surface area (Å²) >= 11 is 5.52. The molecule has 1 aliphatic heterocycles. The van der Waals surface area contributed by atoms with E-state index in [1.54, 1.807) is 12.1 Å². The molecule has 2 fully saturated rings. The highest BCUT2D eigenvalue weighted by molar-refractivity contribution is 6.30. The molecule has 0 spiro atoms. The summed E-state index contributed by atoms with van der Waals surface area (Å²) in [5.41, 5.74) is 1.59. The van der Waals surface area contributed by atoms with Gasteiger partial charge >= 0.3 is 5.97 Å². The molecule has 1 saturated carbocycles. The number of carbonyl (C=O) groups is 1. The van der Waals surface area contributed by atoms with Gasteiger partial charge in [-0.3, -0.25) is 4.90 Å². The summed E-state index contributed by atoms with van der Waals surface area (Å²) in [6.45, 7) is 4.59. The highest BCUT2D eigenvalue weighted by atomic mass is 35.5. The van der Waals surface area contributed by atoms with E-state index in [2.05, 4.69) is 47.2 Å². The predicted octanol–water partition coefficient (Wildman–Crippen LogP) is 5.56. The van der Waals surface area contributed by atoms with E-state index >= 15 is 0 Å². The Bertz CT molecular complexity index is 943. The Balaban J connectivity index is 0.000000336. The second-order valence-electron chi connectivity index (χ2n) is 11.0. The minimum Gasteiger partial charge on any atom is -0.478 e. The molecule has 4 unspecified atom stereocenters. The number of hydrogen-bond acceptors (Lipinski definition) is 5. The Labute approximate surface area is 233 Å². The van der Waals surface area contributed by atoms with Crippen LogP contribution in [0.2, 0.25) is 5.02 Å². The van der Waals surface area contributed by atoms with Crippen LogP contribution in [0.15, 0.2) is 54.6 Å². The summed E-state index contributed by atoms with van der Waals surface area (Å²) in [7, 11) is 2.12. The summed E-state index contributed by atoms with van der Waals surface area (Å²) in [6, 6.07) is 16.7. The number of rotatable bonds is 4. The SMILES string of the molecule is CN1CCCN(Cc2ccccc2)CC(C2CCCCCCCC2O)C(O)C1.O=C(O)c1ccc(Cl)cc1. The Morgan fingerprint density at radius 2 is 1.47 bits per heavy atom. The lowest BCUT2D eigenvalue weighted by Crippen LogP contribution is -2.45. The van der Waals surface area contributed by atoms with E-state index in [1.165, 1.54) is 43.4 Å². The minimum absolute atomic E-state index is 0.136. The molecule has 2 aromatic carbocycles. The number of halogens is 1. The van der Waals surface area contributed by atoms with Gasteiger partial charge < -0.3 is 20.2 Å². The van der Waals surface area contributed by atoms with E-state index in [0.717, 1.165) is 51.9 Å². The van der Waals surface area contributed by atoms with E-state index in [-0.39, 0.29) is 29.6 Å². The van der Waals surface area contributed by atoms with Crippen molar-refractivity contribution >= 4 is 17.6 Å². The highest BCUT2D eigenvalue weighted by Crippen LogP contribution is 2.32. The molecule has 0 amide bonds. The minimum atomic E-state index is -0.934. The van der Waals surface area contributed by atoms with Crippen LogP contribution in [0.25, 0.3) is 0 Å². The quantitative estimate of drug-likeness (QED) is 0.467. The lowest BCUT2D eigenvalue weighted by Gasteiger charge is -2.37. The van der Waals surface area contributed by atoms with Crippen LogP contribution in [-0.4, -0.2) is 76.5 Å². The van der Waals surface area contributed by atoms with E-state index in [9.17, 15) is 15.0 Å². The molecular weight excluding hydrogens is 500 g/mol. The van der Waals surface area contributed by atoms with Gasteiger partial charge in [-0.25, -0.2) is 4.79 Å². The zero-order chi connectivity index (χ0) is 27.3. The number of likely N-dealkylation sites (N-methyl/N-ethyl adjacent to an activating group) is 1. The van der Waals surface area contributed by atoms with E-state index in [0.29, 0.717) is 11.6 Å². The third kappa shape index (κ3) is 10.3. The van der Waals surface area contributed by atoms with Crippen molar-refractivity contribution in [1.29, 1.82) is 0 Å². The van der Waals surface area contributed by atoms with Crippen molar-refractivity contribution in [2.24, 2.45) is 11.8 Å². The highest BCUT2D eigenvalue weighted by Gasteiger charge is 2.35. The maximum atomic E-state index is 11.2. The Morgan fingerprint density at radius 1 is 0.816 bits per heavy atom. The molecule has 38 heavy (non-hydrogen) atoms. The number of hydrogen-bond donors (Lipinski definition) is 3. The molecule has 0 aromatic heterocycles. The first-order chi connectivity index (χ1) is 18.3. The van der Waals surface area contributed by atoms with Crippen molar-refractivity contribution in [2.45, 2.75) is 70.1 Å². The summed E-state index contributed by atoms with van der Waals surface area (Å²) in [5.74, 6) is -0.591. The van der Waals surface area contributed by atoms with Crippen LogP contribution in [-0.2, 0) is 6.54 Å². The van der Waals surface area contributed by atoms with Gasteiger partial charge in [0.05, 0.1) is 17.8 Å². The van der Waals surface area contributed by atoms with Crippen molar-refractivity contribution < 1.29 is 20.1 Å². The van der Waals surface area contributed by atoms with Crippen molar-refractivity contribution in [1.82, 2.24) is 9.80 Å². The van der Waals surface area contributed by atoms with Crippen molar-refractivity contribution in [3.05, 3.63) is 70.7 Å². The predicted molar refractivity (Wildman–Crippen MR) is 154 cm³/mol. The van der Waals surface area contributed by atoms with Crippen LogP contribution >= 0.6 is 11.6 Å². The second kappa shape index (κ2) is 16.2. The van der Waals surface area contributed by atoms with Crippen LogP contribution in [0.3, 0.4) is 0 Å². The number of carboxylic acids is 1. The number of aromatic carboxylic acids is 1. The molecule has 1 saturated heterocycles. The fourth-order valence-corrected chi connectivity index (χ4v) is 5.92. The van der Waals surface area contributed by atoms with Crippen molar-refractivity contribution in [3.8, 4) is 0 Å². The number of aliphatic hydroxyl groups excluding tert-OH is 2. The lowest BCUT2D eigenvalue weighted by molar-refractivity contribution is -0.0223. The fourth-order valence-electron chi connectivity index (χ4n) is 5.79. The lowest BCUT2D eigenvalue weighted by atomic mass is 9.78. The third-order valence-electron chi connectivity index (χ3n) is 7.90. The molecule has 0 radical (unpaired) electrons. The van der Waals surface area contributed by atoms with Crippen molar-refractivity contribution in [3.63, 3.8) is 0 Å². The molecule has 7 heteroatoms. The Hall–Kier alpha value is -1.96. The monoisotopic (exact) mass is 544 g/mol. The van der Waals surface area contributed by atoms with Crippen LogP contribution in [0, 0.1) is 11.8 Å². The zero-order valence-corrected chi connectivity index (χ0v) is 23.5. The molecule has 1 aliphatic carbocycles. The van der Waals surface area contributed by atoms with Crippen LogP contribution in [0.1, 0.15) is 67.3 Å². The smallest absolute Gasteiger partial charge is 0.335 e. The first-order valence-corrected chi connectivity index (χ1v) is 14.5. The van der Waals surface area contributed by atoms with Gasteiger partial charge in [-0.15, -0.1) is 0 Å². The molecule has 6 nitrogen and oxygen atoms in total. The average molecular weight is 545 g/mol. The molecular formula is C31H45ClN2O4. The number of aliphatic hydroxyl groups is 2. The number of nitrogens with zero attached hydrogens (tertiary/aromatic N) is 2. The van der Waals surface area contributed by atoms with Gasteiger partial charge in [0.1, 0.15) is 0 Å². The van der Waals surface area contributed by atoms with Gasteiger partial charge in [-0.2, -0.15) is 0 Å². The van der Waals surface area contributed by atoms with Crippen molar-refractivity contribution in [2.75, 3.05) is 33.2 Å². The maximum absolute atomic E-state index is 11.2. The summed E-state index contributed by atoms with van der Waals surface area (Å²) < 4.78 is 0. The molecule has 3 N–H and O–H groups in total. The van der Waals surface area contributed by atoms with E-state index < -0.39 is 5.97 Å². The topological polar surface area (TPSA) is 84.2 Å². The first kappa shape index (κ1) is 30.6. The van der Waals surface area contributed by atoms with E-state index in [1.807, 2.05) is 0 Å². The van der Waals surface area contributed by atoms with Gasteiger partial charge in [0.2, 0.25) is 0 Å². The second-order valence-corrected chi connectivity index (χ2v) is 11.4. The summed E-state index contributed by atoms with van der Waals surface area (Å²) in [4.78, 5) is 15.1. The Morgan fingerprint density at radius 3 is 2.16 bits per heavy atom. The first-order valence-electron chi connectivity index (χ1n) is 14.1. The van der Waals surface area contributed by atoms with Crippen LogP contribution in [0.5, 0.6) is 0 Å². The average Bonchev–Trinajstić information content (AvgIpc) is 3.04. The standard InChI is InChI=1S/C24H40N2O2.C7H5ClO2/c1-25-15-10-16-26(17-20-11-6-5-7-12-20)18-22(24(28)19-25)21-13-8-3-2-4-9-14-23(21)27;8-6-3-1-5(2-4-6)7(9)10/h5-7,11-12,21-24,27-28H,2-4,8-10,13-19H2,1H3;1-4H,(H,9,10). The largest absolute Gasteiger partial charge is 0.478 e. The van der Waals surface area contributed by atoms with Crippen LogP contribution in [0.4, 0.5) is 0 Å². The fraction of sp³-hybridized carbons (Fsp3) is 0.581. The number of β-amino-alcohol motifs (C(OH)–C–C–N with tert-alkyl or cyclic N) is 1. The zero-order valence-electron chi connectivity index (χ0n) is 22.7. The van der Waals surface area contributed by atoms with Gasteiger partial charge in [0, 0.05) is 30.6 Å². The summed E-state index contributed by atoms with van der Waals surface area (Å²) in [6.07, 6.45) is 8.50. The maximum Gasteiger partial charge on any atom is 0.335 e. The number of carboxylic acid groups (broad SMARTS) is 1. The van der Waals surface area contributed by atoms with Crippen LogP contribution < -0.4 is 0 Å². The van der Waals surface area contributed by atoms with Gasteiger partial charge in [-0.05, 0) is 75.1 Å². The number of benzene rings is 2.